The van der Waals surface area contributed by atoms with Crippen LogP contribution < -0.4 is 21.3 Å². The van der Waals surface area contributed by atoms with Crippen molar-refractivity contribution in [2.45, 2.75) is 25.8 Å². The molecule has 168 valence electrons. The van der Waals surface area contributed by atoms with Crippen LogP contribution in [0.5, 0.6) is 0 Å². The number of anilines is 4. The zero-order chi connectivity index (χ0) is 22.9. The number of nitrogens with two attached hydrogens (primary N) is 1. The molecule has 0 saturated carbocycles. The Morgan fingerprint density at radius 2 is 2.12 bits per heavy atom. The van der Waals surface area contributed by atoms with Crippen LogP contribution in [0.15, 0.2) is 42.7 Å². The van der Waals surface area contributed by atoms with Crippen LogP contribution in [0.1, 0.15) is 29.0 Å². The third-order valence-corrected chi connectivity index (χ3v) is 5.45. The van der Waals surface area contributed by atoms with Gasteiger partial charge in [-0.05, 0) is 44.0 Å². The molecule has 33 heavy (non-hydrogen) atoms. The van der Waals surface area contributed by atoms with E-state index in [-0.39, 0.29) is 11.6 Å². The fourth-order valence-electron chi connectivity index (χ4n) is 3.81. The van der Waals surface area contributed by atoms with Crippen molar-refractivity contribution in [1.29, 1.82) is 0 Å². The topological polar surface area (TPSA) is 159 Å². The number of nitrogens with zero attached hydrogens (tertiary/aromatic N) is 6. The van der Waals surface area contributed by atoms with Gasteiger partial charge in [0.05, 0.1) is 11.9 Å². The summed E-state index contributed by atoms with van der Waals surface area (Å²) in [6.45, 7) is 2.54. The number of aromatic nitrogens is 6. The number of nitrogens with one attached hydrogen (secondary N) is 3. The predicted octanol–water partition coefficient (Wildman–Crippen LogP) is 1.61. The van der Waals surface area contributed by atoms with Gasteiger partial charge in [0.15, 0.2) is 5.82 Å². The average molecular weight is 446 g/mol. The van der Waals surface area contributed by atoms with Gasteiger partial charge in [-0.15, -0.1) is 0 Å². The van der Waals surface area contributed by atoms with Gasteiger partial charge >= 0.3 is 0 Å². The SMILES string of the molecule is Cc1ccc(NC(=O)C2CCCN2c2nc(Nc3cc(C(N)=O)[nH]n3)n3cccc3n2)cn1. The van der Waals surface area contributed by atoms with Crippen molar-refractivity contribution in [2.75, 3.05) is 22.1 Å². The molecule has 4 aromatic rings. The van der Waals surface area contributed by atoms with Gasteiger partial charge in [-0.1, -0.05) is 0 Å². The molecular weight excluding hydrogens is 424 g/mol. The van der Waals surface area contributed by atoms with Crippen molar-refractivity contribution in [1.82, 2.24) is 29.5 Å². The molecule has 5 N–H and O–H groups in total. The molecule has 2 amide bonds. The molecule has 1 saturated heterocycles. The summed E-state index contributed by atoms with van der Waals surface area (Å²) in [6, 6.07) is 8.46. The minimum atomic E-state index is -0.611. The number of aryl methyl sites for hydroxylation is 1. The van der Waals surface area contributed by atoms with Gasteiger partial charge in [0.2, 0.25) is 17.8 Å². The van der Waals surface area contributed by atoms with Gasteiger partial charge < -0.3 is 21.3 Å². The second kappa shape index (κ2) is 8.22. The molecule has 0 spiro atoms. The number of H-pyrrole nitrogens is 1. The van der Waals surface area contributed by atoms with Crippen molar-refractivity contribution < 1.29 is 9.59 Å². The number of aromatic amines is 1. The summed E-state index contributed by atoms with van der Waals surface area (Å²) in [5.74, 6) is 0.501. The summed E-state index contributed by atoms with van der Waals surface area (Å²) >= 11 is 0. The fraction of sp³-hybridized carbons (Fsp3) is 0.238. The van der Waals surface area contributed by atoms with E-state index in [1.54, 1.807) is 10.6 Å². The maximum Gasteiger partial charge on any atom is 0.266 e. The number of amides is 2. The number of fused-ring (bicyclic) bond motifs is 1. The summed E-state index contributed by atoms with van der Waals surface area (Å²) in [7, 11) is 0. The van der Waals surface area contributed by atoms with Gasteiger partial charge in [-0.25, -0.2) is 0 Å². The maximum absolute atomic E-state index is 13.0. The van der Waals surface area contributed by atoms with E-state index in [1.165, 1.54) is 6.07 Å². The third kappa shape index (κ3) is 4.05. The Bertz CT molecular complexity index is 1330. The first-order valence-electron chi connectivity index (χ1n) is 10.5. The molecule has 4 aromatic heterocycles. The number of hydrogen-bond acceptors (Lipinski definition) is 8. The zero-order valence-corrected chi connectivity index (χ0v) is 17.8. The molecule has 5 heterocycles. The minimum absolute atomic E-state index is 0.134. The summed E-state index contributed by atoms with van der Waals surface area (Å²) in [5.41, 5.74) is 7.65. The first-order chi connectivity index (χ1) is 16.0. The van der Waals surface area contributed by atoms with Crippen molar-refractivity contribution >= 4 is 40.9 Å². The Morgan fingerprint density at radius 3 is 2.88 bits per heavy atom. The highest BCUT2D eigenvalue weighted by molar-refractivity contribution is 5.97. The molecule has 0 aromatic carbocycles. The lowest BCUT2D eigenvalue weighted by atomic mass is 10.2. The van der Waals surface area contributed by atoms with Crippen molar-refractivity contribution in [3.8, 4) is 0 Å². The van der Waals surface area contributed by atoms with Crippen LogP contribution in [-0.2, 0) is 4.79 Å². The Hall–Kier alpha value is -4.48. The largest absolute Gasteiger partial charge is 0.364 e. The van der Waals surface area contributed by atoms with E-state index in [0.29, 0.717) is 42.0 Å². The van der Waals surface area contributed by atoms with E-state index in [9.17, 15) is 9.59 Å². The molecule has 0 aliphatic carbocycles. The first kappa shape index (κ1) is 20.4. The van der Waals surface area contributed by atoms with Crippen LogP contribution in [0.3, 0.4) is 0 Å². The highest BCUT2D eigenvalue weighted by Crippen LogP contribution is 2.26. The predicted molar refractivity (Wildman–Crippen MR) is 121 cm³/mol. The van der Waals surface area contributed by atoms with Crippen molar-refractivity contribution in [3.63, 3.8) is 0 Å². The summed E-state index contributed by atoms with van der Waals surface area (Å²) in [4.78, 5) is 39.8. The second-order valence-electron chi connectivity index (χ2n) is 7.77. The molecule has 1 aliphatic heterocycles. The number of rotatable bonds is 6. The molecule has 12 nitrogen and oxygen atoms in total. The normalized spacial score (nSPS) is 15.7. The van der Waals surface area contributed by atoms with E-state index in [4.69, 9.17) is 5.73 Å². The van der Waals surface area contributed by atoms with Gasteiger partial charge in [0.25, 0.3) is 5.91 Å². The monoisotopic (exact) mass is 446 g/mol. The van der Waals surface area contributed by atoms with Crippen LogP contribution in [-0.4, -0.2) is 54.0 Å². The van der Waals surface area contributed by atoms with Gasteiger partial charge in [0, 0.05) is 24.5 Å². The van der Waals surface area contributed by atoms with Crippen LogP contribution >= 0.6 is 0 Å². The lowest BCUT2D eigenvalue weighted by Gasteiger charge is -2.24. The average Bonchev–Trinajstić information content (AvgIpc) is 3.55. The van der Waals surface area contributed by atoms with E-state index in [1.807, 2.05) is 42.3 Å². The summed E-state index contributed by atoms with van der Waals surface area (Å²) in [6.07, 6.45) is 4.97. The van der Waals surface area contributed by atoms with Gasteiger partial charge in [-0.2, -0.15) is 15.1 Å². The maximum atomic E-state index is 13.0. The minimum Gasteiger partial charge on any atom is -0.364 e. The van der Waals surface area contributed by atoms with Crippen LogP contribution in [0.4, 0.5) is 23.4 Å². The van der Waals surface area contributed by atoms with E-state index >= 15 is 0 Å². The Kier molecular flexibility index (Phi) is 5.09. The van der Waals surface area contributed by atoms with Crippen LogP contribution in [0.2, 0.25) is 0 Å². The summed E-state index contributed by atoms with van der Waals surface area (Å²) in [5, 5.41) is 12.7. The van der Waals surface area contributed by atoms with Crippen LogP contribution in [0.25, 0.3) is 5.65 Å². The molecule has 1 aliphatic rings. The highest BCUT2D eigenvalue weighted by atomic mass is 16.2. The van der Waals surface area contributed by atoms with Crippen LogP contribution in [0, 0.1) is 6.92 Å². The van der Waals surface area contributed by atoms with Gasteiger partial charge in [-0.3, -0.25) is 24.1 Å². The van der Waals surface area contributed by atoms with E-state index < -0.39 is 11.9 Å². The number of primary amides is 1. The lowest BCUT2D eigenvalue weighted by molar-refractivity contribution is -0.117. The van der Waals surface area contributed by atoms with Crippen molar-refractivity contribution in [3.05, 3.63) is 54.1 Å². The Balaban J connectivity index is 1.42. The number of carbonyl (C=O) groups is 2. The molecule has 1 unspecified atom stereocenters. The molecule has 1 atom stereocenters. The fourth-order valence-corrected chi connectivity index (χ4v) is 3.81. The second-order valence-corrected chi connectivity index (χ2v) is 7.77. The third-order valence-electron chi connectivity index (χ3n) is 5.45. The smallest absolute Gasteiger partial charge is 0.266 e. The quantitative estimate of drug-likeness (QED) is 0.347. The van der Waals surface area contributed by atoms with E-state index in [2.05, 4.69) is 35.8 Å². The van der Waals surface area contributed by atoms with Gasteiger partial charge in [0.1, 0.15) is 17.4 Å². The molecule has 5 rings (SSSR count). The summed E-state index contributed by atoms with van der Waals surface area (Å²) < 4.78 is 1.76. The number of carbonyl (C=O) groups excluding carboxylic acids is 2. The number of hydrogen-bond donors (Lipinski definition) is 4. The highest BCUT2D eigenvalue weighted by Gasteiger charge is 2.33. The molecule has 0 radical (unpaired) electrons. The molecule has 0 bridgehead atoms. The van der Waals surface area contributed by atoms with E-state index in [0.717, 1.165) is 12.1 Å². The number of pyridine rings is 1. The zero-order valence-electron chi connectivity index (χ0n) is 17.8. The Morgan fingerprint density at radius 1 is 1.24 bits per heavy atom. The first-order valence-corrected chi connectivity index (χ1v) is 10.5. The standard InChI is InChI=1S/C21H22N10O2/c1-12-6-7-13(11-23-12)24-19(33)15-4-2-8-30(15)21-26-17-5-3-9-31(17)20(27-21)25-16-10-14(18(22)32)28-29-16/h3,5-7,9-11,15H,2,4,8H2,1H3,(H2,22,32)(H,24,33)(H2,25,26,27,28,29). The molecule has 12 heteroatoms. The molecular formula is C21H22N10O2. The lowest BCUT2D eigenvalue weighted by Crippen LogP contribution is -2.40. The molecule has 1 fully saturated rings. The Labute approximate surface area is 188 Å². The van der Waals surface area contributed by atoms with Crippen molar-refractivity contribution in [2.24, 2.45) is 5.73 Å².